The summed E-state index contributed by atoms with van der Waals surface area (Å²) in [5.74, 6) is 1.16. The van der Waals surface area contributed by atoms with Gasteiger partial charge in [0.25, 0.3) is 5.91 Å². The van der Waals surface area contributed by atoms with Crippen molar-refractivity contribution in [2.75, 3.05) is 30.3 Å². The van der Waals surface area contributed by atoms with Gasteiger partial charge in [0.15, 0.2) is 0 Å². The Balaban J connectivity index is 1.51. The molecule has 1 aliphatic rings. The van der Waals surface area contributed by atoms with Crippen molar-refractivity contribution in [2.45, 2.75) is 19.3 Å². The van der Waals surface area contributed by atoms with Crippen LogP contribution in [-0.2, 0) is 5.41 Å². The average molecular weight is 404 g/mol. The maximum absolute atomic E-state index is 11.9. The van der Waals surface area contributed by atoms with Crippen LogP contribution in [0, 0.1) is 0 Å². The Hall–Kier alpha value is -3.52. The number of carbonyl (C=O) groups excluding carboxylic acids is 1. The second-order valence-electron chi connectivity index (χ2n) is 7.80. The molecule has 1 aliphatic heterocycles. The summed E-state index contributed by atoms with van der Waals surface area (Å²) in [5, 5.41) is 17.9. The molecule has 1 amide bonds. The third-order valence-corrected chi connectivity index (χ3v) is 5.07. The molecule has 154 valence electrons. The highest BCUT2D eigenvalue weighted by Crippen LogP contribution is 2.36. The van der Waals surface area contributed by atoms with Gasteiger partial charge in [0.05, 0.1) is 12.3 Å². The van der Waals surface area contributed by atoms with E-state index in [1.807, 2.05) is 12.3 Å². The summed E-state index contributed by atoms with van der Waals surface area (Å²) < 4.78 is 0. The molecule has 0 saturated carbocycles. The number of aromatic nitrogens is 3. The molecule has 3 aromatic rings. The molecular weight excluding hydrogens is 380 g/mol. The number of aliphatic hydroxyl groups is 1. The first-order valence-electron chi connectivity index (χ1n) is 9.80. The Kier molecular flexibility index (Phi) is 5.33. The number of rotatable bonds is 6. The number of anilines is 3. The topological polar surface area (TPSA) is 112 Å². The number of fused-ring (bicyclic) bond motifs is 1. The van der Waals surface area contributed by atoms with Gasteiger partial charge in [-0.2, -0.15) is 0 Å². The van der Waals surface area contributed by atoms with Gasteiger partial charge in [-0.25, -0.2) is 15.0 Å². The minimum atomic E-state index is -0.227. The van der Waals surface area contributed by atoms with Crippen molar-refractivity contribution in [3.05, 3.63) is 59.9 Å². The Morgan fingerprint density at radius 1 is 1.20 bits per heavy atom. The van der Waals surface area contributed by atoms with Gasteiger partial charge in [0, 0.05) is 53.3 Å². The van der Waals surface area contributed by atoms with E-state index in [-0.39, 0.29) is 24.5 Å². The molecule has 8 heteroatoms. The standard InChI is InChI=1S/C22H24N6O2/c1-22(2)13-26-19-17(22)11-15(12-25-19)18-7-8-24-21(28-18)27-16-5-3-14(4-6-16)20(30)23-9-10-29/h3-8,11-12,29H,9-10,13H2,1-2H3,(H,23,30)(H,25,26)(H,24,27,28). The zero-order valence-electron chi connectivity index (χ0n) is 16.9. The average Bonchev–Trinajstić information content (AvgIpc) is 3.07. The number of nitrogens with zero attached hydrogens (tertiary/aromatic N) is 3. The third kappa shape index (κ3) is 4.08. The van der Waals surface area contributed by atoms with Gasteiger partial charge in [-0.1, -0.05) is 13.8 Å². The van der Waals surface area contributed by atoms with Crippen molar-refractivity contribution >= 4 is 23.4 Å². The van der Waals surface area contributed by atoms with Crippen LogP contribution in [0.5, 0.6) is 0 Å². The summed E-state index contributed by atoms with van der Waals surface area (Å²) >= 11 is 0. The van der Waals surface area contributed by atoms with Crippen LogP contribution >= 0.6 is 0 Å². The number of benzene rings is 1. The maximum Gasteiger partial charge on any atom is 0.251 e. The first-order chi connectivity index (χ1) is 14.5. The Morgan fingerprint density at radius 3 is 2.77 bits per heavy atom. The van der Waals surface area contributed by atoms with E-state index in [0.29, 0.717) is 11.5 Å². The van der Waals surface area contributed by atoms with Crippen molar-refractivity contribution in [2.24, 2.45) is 0 Å². The van der Waals surface area contributed by atoms with E-state index in [1.54, 1.807) is 30.5 Å². The van der Waals surface area contributed by atoms with E-state index in [0.717, 1.165) is 29.3 Å². The molecule has 3 heterocycles. The SMILES string of the molecule is CC1(C)CNc2ncc(-c3ccnc(Nc4ccc(C(=O)NCCO)cc4)n3)cc21. The summed E-state index contributed by atoms with van der Waals surface area (Å²) in [5.41, 5.74) is 4.21. The first kappa shape index (κ1) is 19.8. The molecule has 0 bridgehead atoms. The van der Waals surface area contributed by atoms with E-state index >= 15 is 0 Å². The van der Waals surface area contributed by atoms with E-state index in [4.69, 9.17) is 5.11 Å². The highest BCUT2D eigenvalue weighted by Gasteiger charge is 2.31. The lowest BCUT2D eigenvalue weighted by atomic mass is 9.87. The summed E-state index contributed by atoms with van der Waals surface area (Å²) in [6.07, 6.45) is 3.52. The van der Waals surface area contributed by atoms with E-state index in [1.165, 1.54) is 5.56 Å². The minimum Gasteiger partial charge on any atom is -0.395 e. The lowest BCUT2D eigenvalue weighted by Gasteiger charge is -2.17. The zero-order valence-corrected chi connectivity index (χ0v) is 16.9. The van der Waals surface area contributed by atoms with E-state index in [2.05, 4.69) is 50.8 Å². The Labute approximate surface area is 174 Å². The van der Waals surface area contributed by atoms with Gasteiger partial charge in [-0.15, -0.1) is 0 Å². The normalized spacial score (nSPS) is 14.0. The van der Waals surface area contributed by atoms with Crippen molar-refractivity contribution in [3.63, 3.8) is 0 Å². The monoisotopic (exact) mass is 404 g/mol. The molecule has 4 N–H and O–H groups in total. The van der Waals surface area contributed by atoms with Crippen molar-refractivity contribution in [3.8, 4) is 11.3 Å². The van der Waals surface area contributed by atoms with Gasteiger partial charge in [0.2, 0.25) is 5.95 Å². The van der Waals surface area contributed by atoms with Gasteiger partial charge < -0.3 is 21.1 Å². The predicted molar refractivity (Wildman–Crippen MR) is 116 cm³/mol. The molecule has 0 radical (unpaired) electrons. The lowest BCUT2D eigenvalue weighted by Crippen LogP contribution is -2.26. The molecule has 0 atom stereocenters. The van der Waals surface area contributed by atoms with Gasteiger partial charge >= 0.3 is 0 Å². The van der Waals surface area contributed by atoms with E-state index in [9.17, 15) is 4.79 Å². The largest absolute Gasteiger partial charge is 0.395 e. The summed E-state index contributed by atoms with van der Waals surface area (Å²) in [4.78, 5) is 25.4. The molecular formula is C22H24N6O2. The zero-order chi connectivity index (χ0) is 21.1. The predicted octanol–water partition coefficient (Wildman–Crippen LogP) is 2.71. The summed E-state index contributed by atoms with van der Waals surface area (Å²) in [6.45, 7) is 5.39. The van der Waals surface area contributed by atoms with Crippen molar-refractivity contribution in [1.29, 1.82) is 0 Å². The molecule has 0 saturated heterocycles. The highest BCUT2D eigenvalue weighted by atomic mass is 16.3. The second-order valence-corrected chi connectivity index (χ2v) is 7.80. The van der Waals surface area contributed by atoms with Crippen molar-refractivity contribution < 1.29 is 9.90 Å². The quantitative estimate of drug-likeness (QED) is 0.500. The second kappa shape index (κ2) is 8.08. The minimum absolute atomic E-state index is 0.0255. The van der Waals surface area contributed by atoms with Crippen molar-refractivity contribution in [1.82, 2.24) is 20.3 Å². The van der Waals surface area contributed by atoms with Crippen LogP contribution in [0.4, 0.5) is 17.5 Å². The number of hydrogen-bond donors (Lipinski definition) is 4. The highest BCUT2D eigenvalue weighted by molar-refractivity contribution is 5.94. The van der Waals surface area contributed by atoms with Crippen LogP contribution in [0.15, 0.2) is 48.8 Å². The van der Waals surface area contributed by atoms with Crippen LogP contribution in [0.25, 0.3) is 11.3 Å². The van der Waals surface area contributed by atoms with Crippen LogP contribution in [-0.4, -0.2) is 45.7 Å². The fourth-order valence-electron chi connectivity index (χ4n) is 3.35. The summed E-state index contributed by atoms with van der Waals surface area (Å²) in [6, 6.07) is 11.0. The van der Waals surface area contributed by atoms with E-state index < -0.39 is 0 Å². The number of aliphatic hydroxyl groups excluding tert-OH is 1. The number of pyridine rings is 1. The first-order valence-corrected chi connectivity index (χ1v) is 9.80. The van der Waals surface area contributed by atoms with Gasteiger partial charge in [-0.3, -0.25) is 4.79 Å². The molecule has 8 nitrogen and oxygen atoms in total. The fraction of sp³-hybridized carbons (Fsp3) is 0.273. The van der Waals surface area contributed by atoms with Gasteiger partial charge in [0.1, 0.15) is 5.82 Å². The lowest BCUT2D eigenvalue weighted by molar-refractivity contribution is 0.0945. The molecule has 0 spiro atoms. The molecule has 0 fully saturated rings. The number of carbonyl (C=O) groups is 1. The smallest absolute Gasteiger partial charge is 0.251 e. The van der Waals surface area contributed by atoms with Gasteiger partial charge in [-0.05, 0) is 36.4 Å². The maximum atomic E-state index is 11.9. The number of amides is 1. The molecule has 0 unspecified atom stereocenters. The van der Waals surface area contributed by atoms with Crippen LogP contribution in [0.3, 0.4) is 0 Å². The fourth-order valence-corrected chi connectivity index (χ4v) is 3.35. The molecule has 0 aliphatic carbocycles. The third-order valence-electron chi connectivity index (χ3n) is 5.07. The Morgan fingerprint density at radius 2 is 2.00 bits per heavy atom. The van der Waals surface area contributed by atoms with Crippen LogP contribution in [0.1, 0.15) is 29.8 Å². The number of nitrogens with one attached hydrogen (secondary N) is 3. The van der Waals surface area contributed by atoms with Crippen LogP contribution < -0.4 is 16.0 Å². The summed E-state index contributed by atoms with van der Waals surface area (Å²) in [7, 11) is 0. The molecule has 1 aromatic carbocycles. The molecule has 30 heavy (non-hydrogen) atoms. The molecule has 2 aromatic heterocycles. The number of hydrogen-bond acceptors (Lipinski definition) is 7. The molecule has 4 rings (SSSR count). The van der Waals surface area contributed by atoms with Crippen LogP contribution in [0.2, 0.25) is 0 Å². The Bertz CT molecular complexity index is 1070.